The van der Waals surface area contributed by atoms with Crippen molar-refractivity contribution in [3.8, 4) is 5.75 Å². The van der Waals surface area contributed by atoms with Crippen LogP contribution in [0.25, 0.3) is 0 Å². The summed E-state index contributed by atoms with van der Waals surface area (Å²) in [4.78, 5) is 40.3. The Hall–Kier alpha value is -2.62. The number of carbonyl (C=O) groups is 2. The average molecular weight is 358 g/mol. The van der Waals surface area contributed by atoms with Gasteiger partial charge in [0.1, 0.15) is 17.3 Å². The third-order valence-electron chi connectivity index (χ3n) is 3.79. The monoisotopic (exact) mass is 358 g/mol. The summed E-state index contributed by atoms with van der Waals surface area (Å²) in [7, 11) is 1.34. The van der Waals surface area contributed by atoms with Crippen LogP contribution in [0.3, 0.4) is 0 Å². The van der Waals surface area contributed by atoms with Gasteiger partial charge in [-0.05, 0) is 32.4 Å². The number of rotatable bonds is 5. The summed E-state index contributed by atoms with van der Waals surface area (Å²) in [5.41, 5.74) is -1.71. The highest BCUT2D eigenvalue weighted by Gasteiger charge is 2.47. The molecule has 0 aromatic heterocycles. The van der Waals surface area contributed by atoms with Crippen LogP contribution >= 0.6 is 0 Å². The van der Waals surface area contributed by atoms with Gasteiger partial charge in [0.15, 0.2) is 5.78 Å². The van der Waals surface area contributed by atoms with Gasteiger partial charge in [-0.3, -0.25) is 24.5 Å². The third kappa shape index (κ3) is 3.90. The number of benzene rings is 1. The fraction of sp³-hybridized carbons (Fsp3) is 0.467. The lowest BCUT2D eigenvalue weighted by atomic mass is 9.84. The normalized spacial score (nSPS) is 20.1. The van der Waals surface area contributed by atoms with Crippen molar-refractivity contribution < 1.29 is 32.9 Å². The van der Waals surface area contributed by atoms with E-state index in [1.807, 2.05) is 0 Å². The summed E-state index contributed by atoms with van der Waals surface area (Å²) >= 11 is 0. The first kappa shape index (κ1) is 18.7. The molecule has 1 unspecified atom stereocenters. The first-order chi connectivity index (χ1) is 11.5. The number of Topliss-reactive ketones (excluding diaryl/α,β-unsaturated/α-hetero) is 1. The van der Waals surface area contributed by atoms with Gasteiger partial charge in [-0.25, -0.2) is 5.06 Å². The number of alkyl halides is 2. The van der Waals surface area contributed by atoms with Gasteiger partial charge in [0, 0.05) is 12.6 Å². The number of nitro groups is 1. The van der Waals surface area contributed by atoms with Gasteiger partial charge < -0.3 is 4.74 Å². The van der Waals surface area contributed by atoms with Crippen LogP contribution in [0.5, 0.6) is 5.75 Å². The lowest BCUT2D eigenvalue weighted by Gasteiger charge is -2.38. The maximum atomic E-state index is 12.4. The van der Waals surface area contributed by atoms with E-state index in [-0.39, 0.29) is 17.7 Å². The molecule has 0 saturated carbocycles. The molecule has 1 saturated heterocycles. The molecule has 0 radical (unpaired) electrons. The maximum Gasteiger partial charge on any atom is 0.387 e. The zero-order chi connectivity index (χ0) is 18.9. The van der Waals surface area contributed by atoms with Gasteiger partial charge in [0.05, 0.1) is 11.0 Å². The van der Waals surface area contributed by atoms with Gasteiger partial charge in [-0.1, -0.05) is 0 Å². The highest BCUT2D eigenvalue weighted by Crippen LogP contribution is 2.32. The van der Waals surface area contributed by atoms with Crippen molar-refractivity contribution in [2.24, 2.45) is 5.92 Å². The van der Waals surface area contributed by atoms with Crippen molar-refractivity contribution in [2.45, 2.75) is 32.5 Å². The molecular weight excluding hydrogens is 342 g/mol. The predicted octanol–water partition coefficient (Wildman–Crippen LogP) is 2.11. The van der Waals surface area contributed by atoms with Crippen LogP contribution < -0.4 is 4.74 Å². The molecular formula is C15H16F2N2O6. The molecule has 1 aromatic carbocycles. The SMILES string of the molecule is CN1OC(C)(C)C(=O)C(Cc2ccc(OC(F)F)cc2[N+](=O)[O-])C1=O. The molecule has 0 bridgehead atoms. The van der Waals surface area contributed by atoms with E-state index in [0.29, 0.717) is 0 Å². The van der Waals surface area contributed by atoms with Crippen molar-refractivity contribution in [1.29, 1.82) is 0 Å². The van der Waals surface area contributed by atoms with Gasteiger partial charge in [0.25, 0.3) is 11.6 Å². The van der Waals surface area contributed by atoms with Crippen LogP contribution in [-0.2, 0) is 20.8 Å². The number of hydroxylamine groups is 2. The van der Waals surface area contributed by atoms with E-state index in [2.05, 4.69) is 4.74 Å². The molecule has 1 aromatic rings. The number of halogens is 2. The van der Waals surface area contributed by atoms with Gasteiger partial charge in [-0.2, -0.15) is 8.78 Å². The first-order valence-electron chi connectivity index (χ1n) is 7.26. The van der Waals surface area contributed by atoms with Crippen molar-refractivity contribution >= 4 is 17.4 Å². The molecule has 1 aliphatic rings. The summed E-state index contributed by atoms with van der Waals surface area (Å²) in [6.45, 7) is -0.156. The number of hydrogen-bond acceptors (Lipinski definition) is 6. The zero-order valence-corrected chi connectivity index (χ0v) is 13.7. The van der Waals surface area contributed by atoms with E-state index in [1.165, 1.54) is 27.0 Å². The van der Waals surface area contributed by atoms with Crippen molar-refractivity contribution in [1.82, 2.24) is 5.06 Å². The molecule has 25 heavy (non-hydrogen) atoms. The Balaban J connectivity index is 2.36. The molecule has 8 nitrogen and oxygen atoms in total. The maximum absolute atomic E-state index is 12.4. The number of amides is 1. The summed E-state index contributed by atoms with van der Waals surface area (Å²) < 4.78 is 28.7. The minimum Gasteiger partial charge on any atom is -0.435 e. The molecule has 136 valence electrons. The largest absolute Gasteiger partial charge is 0.435 e. The van der Waals surface area contributed by atoms with Crippen molar-refractivity contribution in [3.05, 3.63) is 33.9 Å². The Morgan fingerprint density at radius 3 is 2.60 bits per heavy atom. The molecule has 1 atom stereocenters. The Labute approximate surface area is 141 Å². The van der Waals surface area contributed by atoms with Crippen LogP contribution in [0.2, 0.25) is 0 Å². The number of carbonyl (C=O) groups excluding carboxylic acids is 2. The highest BCUT2D eigenvalue weighted by atomic mass is 19.3. The lowest BCUT2D eigenvalue weighted by molar-refractivity contribution is -0.385. The Morgan fingerprint density at radius 2 is 2.04 bits per heavy atom. The molecule has 1 aliphatic heterocycles. The Morgan fingerprint density at radius 1 is 1.40 bits per heavy atom. The molecule has 10 heteroatoms. The summed E-state index contributed by atoms with van der Waals surface area (Å²) in [6, 6.07) is 3.15. The van der Waals surface area contributed by atoms with Crippen LogP contribution in [0.1, 0.15) is 19.4 Å². The minimum absolute atomic E-state index is 0.0596. The number of hydrogen-bond donors (Lipinski definition) is 0. The van der Waals surface area contributed by atoms with Gasteiger partial charge in [0.2, 0.25) is 0 Å². The van der Waals surface area contributed by atoms with E-state index >= 15 is 0 Å². The smallest absolute Gasteiger partial charge is 0.387 e. The van der Waals surface area contributed by atoms with E-state index in [4.69, 9.17) is 4.84 Å². The summed E-state index contributed by atoms with van der Waals surface area (Å²) in [6.07, 6.45) is -0.250. The fourth-order valence-electron chi connectivity index (χ4n) is 2.65. The number of ether oxygens (including phenoxy) is 1. The van der Waals surface area contributed by atoms with Crippen LogP contribution in [-0.4, -0.2) is 40.9 Å². The topological polar surface area (TPSA) is 99.0 Å². The second kappa shape index (κ2) is 6.71. The van der Waals surface area contributed by atoms with Gasteiger partial charge in [-0.15, -0.1) is 0 Å². The van der Waals surface area contributed by atoms with E-state index in [1.54, 1.807) is 0 Å². The first-order valence-corrected chi connectivity index (χ1v) is 7.26. The van der Waals surface area contributed by atoms with Crippen LogP contribution in [0.4, 0.5) is 14.5 Å². The Kier molecular flexibility index (Phi) is 5.02. The lowest BCUT2D eigenvalue weighted by Crippen LogP contribution is -2.56. The molecule has 0 spiro atoms. The average Bonchev–Trinajstić information content (AvgIpc) is 2.49. The number of ketones is 1. The number of nitrogens with zero attached hydrogens (tertiary/aromatic N) is 2. The molecule has 1 heterocycles. The molecule has 1 fully saturated rings. The zero-order valence-electron chi connectivity index (χ0n) is 13.7. The summed E-state index contributed by atoms with van der Waals surface area (Å²) in [5.74, 6) is -2.70. The second-order valence-corrected chi connectivity index (χ2v) is 5.98. The second-order valence-electron chi connectivity index (χ2n) is 5.98. The minimum atomic E-state index is -3.13. The fourth-order valence-corrected chi connectivity index (χ4v) is 2.65. The standard InChI is InChI=1S/C15H16F2N2O6/c1-15(2)12(20)10(13(21)18(3)25-15)6-8-4-5-9(24-14(16)17)7-11(8)19(22)23/h4-5,7,10,14H,6H2,1-3H3. The van der Waals surface area contributed by atoms with E-state index < -0.39 is 40.4 Å². The molecule has 0 aliphatic carbocycles. The predicted molar refractivity (Wildman–Crippen MR) is 79.9 cm³/mol. The Bertz CT molecular complexity index is 722. The molecule has 0 N–H and O–H groups in total. The number of nitro benzene ring substituents is 1. The van der Waals surface area contributed by atoms with E-state index in [9.17, 15) is 28.5 Å². The molecule has 2 rings (SSSR count). The quantitative estimate of drug-likeness (QED) is 0.454. The highest BCUT2D eigenvalue weighted by molar-refractivity contribution is 6.06. The summed E-state index contributed by atoms with van der Waals surface area (Å²) in [5, 5.41) is 12.1. The van der Waals surface area contributed by atoms with E-state index in [0.717, 1.165) is 17.2 Å². The van der Waals surface area contributed by atoms with Crippen molar-refractivity contribution in [2.75, 3.05) is 7.05 Å². The third-order valence-corrected chi connectivity index (χ3v) is 3.79. The van der Waals surface area contributed by atoms with Crippen LogP contribution in [0, 0.1) is 16.0 Å². The van der Waals surface area contributed by atoms with Gasteiger partial charge >= 0.3 is 6.61 Å². The van der Waals surface area contributed by atoms with Crippen molar-refractivity contribution in [3.63, 3.8) is 0 Å². The molecule has 1 amide bonds. The van der Waals surface area contributed by atoms with Crippen LogP contribution in [0.15, 0.2) is 18.2 Å².